The molecule has 0 bridgehead atoms. The quantitative estimate of drug-likeness (QED) is 0.450. The summed E-state index contributed by atoms with van der Waals surface area (Å²) in [6.45, 7) is 0.199. The third kappa shape index (κ3) is 3.52. The summed E-state index contributed by atoms with van der Waals surface area (Å²) < 4.78 is 21.3. The van der Waals surface area contributed by atoms with E-state index >= 15 is 0 Å². The standard InChI is InChI=1S/C19H19N3O6/c1-25-10-17-20-14-6-5-12(22(23)24)9-13(14)18(21-17)11-7-15(26-2)19(28-4)16(8-11)27-3/h5-9H,10H2,1-4H3. The van der Waals surface area contributed by atoms with E-state index in [4.69, 9.17) is 18.9 Å². The van der Waals surface area contributed by atoms with Crippen molar-refractivity contribution in [3.8, 4) is 28.5 Å². The lowest BCUT2D eigenvalue weighted by molar-refractivity contribution is -0.384. The summed E-state index contributed by atoms with van der Waals surface area (Å²) in [6, 6.07) is 7.92. The molecule has 0 amide bonds. The summed E-state index contributed by atoms with van der Waals surface area (Å²) in [6.07, 6.45) is 0. The first-order valence-electron chi connectivity index (χ1n) is 8.26. The molecule has 0 aliphatic carbocycles. The highest BCUT2D eigenvalue weighted by Crippen LogP contribution is 2.42. The Labute approximate surface area is 161 Å². The molecule has 0 unspecified atom stereocenters. The van der Waals surface area contributed by atoms with Crippen LogP contribution in [0.4, 0.5) is 5.69 Å². The van der Waals surface area contributed by atoms with Gasteiger partial charge in [0.25, 0.3) is 5.69 Å². The Morgan fingerprint density at radius 1 is 0.964 bits per heavy atom. The number of nitrogens with zero attached hydrogens (tertiary/aromatic N) is 3. The zero-order valence-corrected chi connectivity index (χ0v) is 15.9. The van der Waals surface area contributed by atoms with Gasteiger partial charge < -0.3 is 18.9 Å². The molecule has 0 saturated heterocycles. The van der Waals surface area contributed by atoms with Crippen LogP contribution < -0.4 is 14.2 Å². The van der Waals surface area contributed by atoms with Gasteiger partial charge in [0.2, 0.25) is 5.75 Å². The summed E-state index contributed by atoms with van der Waals surface area (Å²) in [5.74, 6) is 1.78. The SMILES string of the molecule is COCc1nc(-c2cc(OC)c(OC)c(OC)c2)c2cc([N+](=O)[O-])ccc2n1. The number of hydrogen-bond donors (Lipinski definition) is 0. The highest BCUT2D eigenvalue weighted by molar-refractivity contribution is 5.94. The number of benzene rings is 2. The van der Waals surface area contributed by atoms with E-state index in [2.05, 4.69) is 9.97 Å². The van der Waals surface area contributed by atoms with E-state index in [9.17, 15) is 10.1 Å². The largest absolute Gasteiger partial charge is 0.493 e. The van der Waals surface area contributed by atoms with E-state index in [0.29, 0.717) is 45.2 Å². The number of fused-ring (bicyclic) bond motifs is 1. The topological polar surface area (TPSA) is 106 Å². The molecular formula is C19H19N3O6. The molecule has 28 heavy (non-hydrogen) atoms. The number of hydrogen-bond acceptors (Lipinski definition) is 8. The van der Waals surface area contributed by atoms with Gasteiger partial charge in [0.1, 0.15) is 6.61 Å². The third-order valence-corrected chi connectivity index (χ3v) is 4.15. The lowest BCUT2D eigenvalue weighted by Crippen LogP contribution is -2.02. The van der Waals surface area contributed by atoms with E-state index in [1.807, 2.05) is 0 Å². The molecule has 0 atom stereocenters. The van der Waals surface area contributed by atoms with E-state index in [0.717, 1.165) is 0 Å². The Kier molecular flexibility index (Phi) is 5.55. The molecule has 0 spiro atoms. The molecular weight excluding hydrogens is 366 g/mol. The minimum atomic E-state index is -0.457. The molecule has 0 fully saturated rings. The van der Waals surface area contributed by atoms with Crippen molar-refractivity contribution in [2.45, 2.75) is 6.61 Å². The molecule has 0 aliphatic heterocycles. The maximum atomic E-state index is 11.2. The third-order valence-electron chi connectivity index (χ3n) is 4.15. The van der Waals surface area contributed by atoms with Gasteiger partial charge in [-0.3, -0.25) is 10.1 Å². The Balaban J connectivity index is 2.33. The Morgan fingerprint density at radius 2 is 1.64 bits per heavy atom. The predicted molar refractivity (Wildman–Crippen MR) is 102 cm³/mol. The van der Waals surface area contributed by atoms with Gasteiger partial charge in [-0.25, -0.2) is 9.97 Å². The van der Waals surface area contributed by atoms with Crippen molar-refractivity contribution in [1.82, 2.24) is 9.97 Å². The van der Waals surface area contributed by atoms with Gasteiger partial charge in [-0.15, -0.1) is 0 Å². The first-order chi connectivity index (χ1) is 13.5. The van der Waals surface area contributed by atoms with Crippen LogP contribution in [0.5, 0.6) is 17.2 Å². The minimum absolute atomic E-state index is 0.0516. The summed E-state index contributed by atoms with van der Waals surface area (Å²) >= 11 is 0. The normalized spacial score (nSPS) is 10.7. The molecule has 0 N–H and O–H groups in total. The number of nitro benzene ring substituents is 1. The monoisotopic (exact) mass is 385 g/mol. The van der Waals surface area contributed by atoms with Gasteiger partial charge in [0.15, 0.2) is 17.3 Å². The Hall–Kier alpha value is -3.46. The number of methoxy groups -OCH3 is 4. The smallest absolute Gasteiger partial charge is 0.270 e. The maximum Gasteiger partial charge on any atom is 0.270 e. The van der Waals surface area contributed by atoms with Crippen LogP contribution in [0.2, 0.25) is 0 Å². The Bertz CT molecular complexity index is 1010. The first-order valence-corrected chi connectivity index (χ1v) is 8.26. The van der Waals surface area contributed by atoms with Crippen LogP contribution in [0.25, 0.3) is 22.2 Å². The Morgan fingerprint density at radius 3 is 2.18 bits per heavy atom. The molecule has 2 aromatic carbocycles. The number of ether oxygens (including phenoxy) is 4. The van der Waals surface area contributed by atoms with Crippen LogP contribution in [0.3, 0.4) is 0 Å². The highest BCUT2D eigenvalue weighted by atomic mass is 16.6. The molecule has 1 aromatic heterocycles. The molecule has 9 heteroatoms. The van der Waals surface area contributed by atoms with Crippen LogP contribution in [-0.4, -0.2) is 43.3 Å². The average Bonchev–Trinajstić information content (AvgIpc) is 2.71. The average molecular weight is 385 g/mol. The lowest BCUT2D eigenvalue weighted by Gasteiger charge is -2.15. The summed E-state index contributed by atoms with van der Waals surface area (Å²) in [5, 5.41) is 11.8. The maximum absolute atomic E-state index is 11.2. The molecule has 0 aliphatic rings. The summed E-state index contributed by atoms with van der Waals surface area (Å²) in [4.78, 5) is 19.8. The van der Waals surface area contributed by atoms with Crippen molar-refractivity contribution in [2.75, 3.05) is 28.4 Å². The molecule has 0 radical (unpaired) electrons. The van der Waals surface area contributed by atoms with Gasteiger partial charge in [0, 0.05) is 30.2 Å². The fraction of sp³-hybridized carbons (Fsp3) is 0.263. The molecule has 3 aromatic rings. The van der Waals surface area contributed by atoms with Crippen molar-refractivity contribution >= 4 is 16.6 Å². The number of non-ortho nitro benzene ring substituents is 1. The van der Waals surface area contributed by atoms with Gasteiger partial charge in [-0.2, -0.15) is 0 Å². The molecule has 146 valence electrons. The first kappa shape index (κ1) is 19.3. The molecule has 3 rings (SSSR count). The predicted octanol–water partition coefficient (Wildman–Crippen LogP) is 3.38. The minimum Gasteiger partial charge on any atom is -0.493 e. The second kappa shape index (κ2) is 8.05. The van der Waals surface area contributed by atoms with Crippen LogP contribution >= 0.6 is 0 Å². The van der Waals surface area contributed by atoms with Gasteiger partial charge in [-0.05, 0) is 18.2 Å². The van der Waals surface area contributed by atoms with Crippen molar-refractivity contribution in [3.05, 3.63) is 46.3 Å². The highest BCUT2D eigenvalue weighted by Gasteiger charge is 2.19. The zero-order valence-electron chi connectivity index (χ0n) is 15.9. The van der Waals surface area contributed by atoms with Gasteiger partial charge >= 0.3 is 0 Å². The van der Waals surface area contributed by atoms with Crippen molar-refractivity contribution < 1.29 is 23.9 Å². The summed E-state index contributed by atoms with van der Waals surface area (Å²) in [7, 11) is 6.09. The molecule has 9 nitrogen and oxygen atoms in total. The van der Waals surface area contributed by atoms with E-state index in [1.165, 1.54) is 33.5 Å². The van der Waals surface area contributed by atoms with E-state index in [-0.39, 0.29) is 12.3 Å². The number of rotatable bonds is 7. The van der Waals surface area contributed by atoms with Crippen LogP contribution in [0, 0.1) is 10.1 Å². The summed E-state index contributed by atoms with van der Waals surface area (Å²) in [5.41, 5.74) is 1.65. The van der Waals surface area contributed by atoms with Crippen molar-refractivity contribution in [1.29, 1.82) is 0 Å². The number of nitro groups is 1. The van der Waals surface area contributed by atoms with Crippen LogP contribution in [0.1, 0.15) is 5.82 Å². The number of aromatic nitrogens is 2. The van der Waals surface area contributed by atoms with Crippen LogP contribution in [-0.2, 0) is 11.3 Å². The molecule has 0 saturated carbocycles. The second-order valence-electron chi connectivity index (χ2n) is 5.79. The van der Waals surface area contributed by atoms with Crippen LogP contribution in [0.15, 0.2) is 30.3 Å². The van der Waals surface area contributed by atoms with Gasteiger partial charge in [0.05, 0.1) is 37.5 Å². The fourth-order valence-electron chi connectivity index (χ4n) is 2.91. The van der Waals surface area contributed by atoms with Crippen molar-refractivity contribution in [2.24, 2.45) is 0 Å². The van der Waals surface area contributed by atoms with E-state index < -0.39 is 4.92 Å². The van der Waals surface area contributed by atoms with Crippen molar-refractivity contribution in [3.63, 3.8) is 0 Å². The van der Waals surface area contributed by atoms with Gasteiger partial charge in [-0.1, -0.05) is 0 Å². The fourth-order valence-corrected chi connectivity index (χ4v) is 2.91. The lowest BCUT2D eigenvalue weighted by atomic mass is 10.0. The van der Waals surface area contributed by atoms with E-state index in [1.54, 1.807) is 25.3 Å². The second-order valence-corrected chi connectivity index (χ2v) is 5.79. The zero-order chi connectivity index (χ0) is 20.3. The molecule has 1 heterocycles.